The highest BCUT2D eigenvalue weighted by Gasteiger charge is 2.20. The molecule has 2 aromatic rings. The van der Waals surface area contributed by atoms with E-state index < -0.39 is 12.0 Å². The van der Waals surface area contributed by atoms with Gasteiger partial charge in [-0.1, -0.05) is 35.9 Å². The normalized spacial score (nSPS) is 11.9. The maximum Gasteiger partial charge on any atom is 0.330 e. The van der Waals surface area contributed by atoms with E-state index >= 15 is 0 Å². The molecule has 0 amide bonds. The van der Waals surface area contributed by atoms with Crippen LogP contribution in [-0.2, 0) is 4.79 Å². The second-order valence-corrected chi connectivity index (χ2v) is 5.67. The zero-order valence-electron chi connectivity index (χ0n) is 10.7. The number of aliphatic carboxylic acids is 1. The summed E-state index contributed by atoms with van der Waals surface area (Å²) in [5.74, 6) is -0.952. The number of para-hydroxylation sites is 1. The number of halogens is 2. The molecule has 2 rings (SSSR count). The van der Waals surface area contributed by atoms with Crippen molar-refractivity contribution in [1.29, 1.82) is 0 Å². The smallest absolute Gasteiger partial charge is 0.330 e. The van der Waals surface area contributed by atoms with Crippen molar-refractivity contribution < 1.29 is 9.90 Å². The summed E-state index contributed by atoms with van der Waals surface area (Å²) in [6.45, 7) is 1.93. The molecule has 20 heavy (non-hydrogen) atoms. The molecule has 0 heterocycles. The first-order chi connectivity index (χ1) is 9.49. The third-order valence-electron chi connectivity index (χ3n) is 2.97. The number of benzene rings is 2. The molecule has 1 atom stereocenters. The zero-order chi connectivity index (χ0) is 14.7. The molecule has 104 valence electrons. The van der Waals surface area contributed by atoms with Crippen LogP contribution >= 0.6 is 27.5 Å². The van der Waals surface area contributed by atoms with Crippen molar-refractivity contribution in [1.82, 2.24) is 0 Å². The molecule has 2 aromatic carbocycles. The Bertz CT molecular complexity index is 646. The van der Waals surface area contributed by atoms with Crippen LogP contribution in [0.15, 0.2) is 46.9 Å². The predicted octanol–water partition coefficient (Wildman–Crippen LogP) is 4.65. The minimum Gasteiger partial charge on any atom is -0.479 e. The van der Waals surface area contributed by atoms with Gasteiger partial charge in [0.15, 0.2) is 6.04 Å². The van der Waals surface area contributed by atoms with Crippen LogP contribution in [0.5, 0.6) is 0 Å². The molecule has 3 nitrogen and oxygen atoms in total. The van der Waals surface area contributed by atoms with E-state index in [9.17, 15) is 9.90 Å². The summed E-state index contributed by atoms with van der Waals surface area (Å²) in [4.78, 5) is 11.5. The molecule has 0 fully saturated rings. The Hall–Kier alpha value is -1.52. The molecule has 0 saturated carbocycles. The zero-order valence-corrected chi connectivity index (χ0v) is 13.1. The molecule has 5 heteroatoms. The van der Waals surface area contributed by atoms with Gasteiger partial charge in [0.25, 0.3) is 0 Å². The van der Waals surface area contributed by atoms with Gasteiger partial charge < -0.3 is 10.4 Å². The quantitative estimate of drug-likeness (QED) is 0.840. The molecular formula is C15H13BrClNO2. The number of carbonyl (C=O) groups is 1. The van der Waals surface area contributed by atoms with Crippen LogP contribution in [-0.4, -0.2) is 11.1 Å². The lowest BCUT2D eigenvalue weighted by Crippen LogP contribution is -2.20. The maximum absolute atomic E-state index is 11.5. The van der Waals surface area contributed by atoms with Crippen LogP contribution in [0.25, 0.3) is 0 Å². The fourth-order valence-electron chi connectivity index (χ4n) is 1.87. The van der Waals surface area contributed by atoms with E-state index in [0.29, 0.717) is 10.6 Å². The van der Waals surface area contributed by atoms with E-state index in [2.05, 4.69) is 21.2 Å². The van der Waals surface area contributed by atoms with Crippen molar-refractivity contribution >= 4 is 39.2 Å². The Labute approximate surface area is 130 Å². The molecule has 0 aromatic heterocycles. The van der Waals surface area contributed by atoms with E-state index in [1.807, 2.05) is 31.2 Å². The summed E-state index contributed by atoms with van der Waals surface area (Å²) in [5, 5.41) is 12.9. The van der Waals surface area contributed by atoms with Crippen molar-refractivity contribution in [2.75, 3.05) is 5.32 Å². The van der Waals surface area contributed by atoms with Crippen molar-refractivity contribution in [2.24, 2.45) is 0 Å². The molecule has 0 bridgehead atoms. The fourth-order valence-corrected chi connectivity index (χ4v) is 2.31. The van der Waals surface area contributed by atoms with Crippen LogP contribution in [0.4, 0.5) is 5.69 Å². The SMILES string of the molecule is Cc1ccccc1NC(C(=O)O)c1ccc(Br)c(Cl)c1. The van der Waals surface area contributed by atoms with Gasteiger partial charge in [-0.15, -0.1) is 0 Å². The van der Waals surface area contributed by atoms with Gasteiger partial charge in [-0.2, -0.15) is 0 Å². The van der Waals surface area contributed by atoms with E-state index in [-0.39, 0.29) is 0 Å². The van der Waals surface area contributed by atoms with Gasteiger partial charge in [0, 0.05) is 10.2 Å². The molecule has 0 aliphatic rings. The average molecular weight is 355 g/mol. The topological polar surface area (TPSA) is 49.3 Å². The number of rotatable bonds is 4. The summed E-state index contributed by atoms with van der Waals surface area (Å²) >= 11 is 9.32. The standard InChI is InChI=1S/C15H13BrClNO2/c1-9-4-2-3-5-13(9)18-14(15(19)20)10-6-7-11(16)12(17)8-10/h2-8,14,18H,1H3,(H,19,20). The first-order valence-electron chi connectivity index (χ1n) is 5.99. The Morgan fingerprint density at radius 2 is 2.00 bits per heavy atom. The third kappa shape index (κ3) is 3.32. The van der Waals surface area contributed by atoms with E-state index in [0.717, 1.165) is 15.7 Å². The second kappa shape index (κ2) is 6.29. The van der Waals surface area contributed by atoms with Crippen molar-refractivity contribution in [3.8, 4) is 0 Å². The highest BCUT2D eigenvalue weighted by Crippen LogP contribution is 2.28. The van der Waals surface area contributed by atoms with Gasteiger partial charge >= 0.3 is 5.97 Å². The molecular weight excluding hydrogens is 342 g/mol. The maximum atomic E-state index is 11.5. The summed E-state index contributed by atoms with van der Waals surface area (Å²) in [6, 6.07) is 11.8. The lowest BCUT2D eigenvalue weighted by Gasteiger charge is -2.18. The summed E-state index contributed by atoms with van der Waals surface area (Å²) in [6.07, 6.45) is 0. The van der Waals surface area contributed by atoms with E-state index in [1.165, 1.54) is 0 Å². The van der Waals surface area contributed by atoms with Crippen LogP contribution in [0, 0.1) is 6.92 Å². The van der Waals surface area contributed by atoms with Gasteiger partial charge in [0.2, 0.25) is 0 Å². The first kappa shape index (κ1) is 14.9. The van der Waals surface area contributed by atoms with Crippen LogP contribution in [0.3, 0.4) is 0 Å². The first-order valence-corrected chi connectivity index (χ1v) is 7.16. The van der Waals surface area contributed by atoms with Crippen molar-refractivity contribution in [3.63, 3.8) is 0 Å². The van der Waals surface area contributed by atoms with Crippen LogP contribution in [0.2, 0.25) is 5.02 Å². The monoisotopic (exact) mass is 353 g/mol. The highest BCUT2D eigenvalue weighted by atomic mass is 79.9. The van der Waals surface area contributed by atoms with Gasteiger partial charge in [-0.25, -0.2) is 4.79 Å². The van der Waals surface area contributed by atoms with Gasteiger partial charge in [0.05, 0.1) is 5.02 Å². The van der Waals surface area contributed by atoms with E-state index in [4.69, 9.17) is 11.6 Å². The molecule has 1 unspecified atom stereocenters. The lowest BCUT2D eigenvalue weighted by atomic mass is 10.1. The molecule has 0 aliphatic carbocycles. The number of carboxylic acid groups (broad SMARTS) is 1. The summed E-state index contributed by atoms with van der Waals surface area (Å²) < 4.78 is 0.739. The van der Waals surface area contributed by atoms with E-state index in [1.54, 1.807) is 18.2 Å². The largest absolute Gasteiger partial charge is 0.479 e. The Morgan fingerprint density at radius 3 is 2.60 bits per heavy atom. The number of nitrogens with one attached hydrogen (secondary N) is 1. The summed E-state index contributed by atoms with van der Waals surface area (Å²) in [7, 11) is 0. The average Bonchev–Trinajstić information content (AvgIpc) is 2.41. The van der Waals surface area contributed by atoms with Crippen molar-refractivity contribution in [3.05, 3.63) is 63.1 Å². The molecule has 0 aliphatic heterocycles. The minimum absolute atomic E-state index is 0.486. The molecule has 2 N–H and O–H groups in total. The number of carboxylic acids is 1. The summed E-state index contributed by atoms with van der Waals surface area (Å²) in [5.41, 5.74) is 2.38. The van der Waals surface area contributed by atoms with Gasteiger partial charge in [-0.3, -0.25) is 0 Å². The number of anilines is 1. The molecule has 0 radical (unpaired) electrons. The number of hydrogen-bond donors (Lipinski definition) is 2. The third-order valence-corrected chi connectivity index (χ3v) is 4.20. The van der Waals surface area contributed by atoms with Crippen LogP contribution < -0.4 is 5.32 Å². The number of aryl methyl sites for hydroxylation is 1. The lowest BCUT2D eigenvalue weighted by molar-refractivity contribution is -0.138. The molecule has 0 saturated heterocycles. The van der Waals surface area contributed by atoms with Crippen molar-refractivity contribution in [2.45, 2.75) is 13.0 Å². The Kier molecular flexibility index (Phi) is 4.68. The predicted molar refractivity (Wildman–Crippen MR) is 84.3 cm³/mol. The number of hydrogen-bond acceptors (Lipinski definition) is 2. The Morgan fingerprint density at radius 1 is 1.30 bits per heavy atom. The van der Waals surface area contributed by atoms with Gasteiger partial charge in [-0.05, 0) is 52.2 Å². The van der Waals surface area contributed by atoms with Gasteiger partial charge in [0.1, 0.15) is 0 Å². The Balaban J connectivity index is 2.34. The minimum atomic E-state index is -0.952. The highest BCUT2D eigenvalue weighted by molar-refractivity contribution is 9.10. The fraction of sp³-hybridized carbons (Fsp3) is 0.133. The van der Waals surface area contributed by atoms with Crippen LogP contribution in [0.1, 0.15) is 17.2 Å². The molecule has 0 spiro atoms. The second-order valence-electron chi connectivity index (χ2n) is 4.40.